The average Bonchev–Trinajstić information content (AvgIpc) is 3.10. The summed E-state index contributed by atoms with van der Waals surface area (Å²) in [5.41, 5.74) is 0. The molecule has 318 valence electrons. The lowest BCUT2D eigenvalue weighted by molar-refractivity contribution is -0.914. The molecule has 0 heterocycles. The van der Waals surface area contributed by atoms with Crippen molar-refractivity contribution < 1.29 is 46.5 Å². The fourth-order valence-corrected chi connectivity index (χ4v) is 7.32. The summed E-state index contributed by atoms with van der Waals surface area (Å²) in [7, 11) is -1.66. The highest BCUT2D eigenvalue weighted by Gasteiger charge is 2.34. The SMILES string of the molecule is CCCCCCCCCCCCCCCCC(C[N+](C)(CCO)CC(CCCCCCCCCCCCCCCC)C(=O)O)C(=O)O.COS(=O)(=O)[O-]. The number of quaternary nitrogens is 1. The van der Waals surface area contributed by atoms with Crippen LogP contribution in [0.15, 0.2) is 0 Å². The Hall–Kier alpha value is -1.27. The Morgan fingerprint density at radius 1 is 0.547 bits per heavy atom. The van der Waals surface area contributed by atoms with E-state index in [2.05, 4.69) is 18.0 Å². The van der Waals surface area contributed by atoms with Crippen LogP contribution in [0.25, 0.3) is 0 Å². The number of hydrogen-bond donors (Lipinski definition) is 3. The number of carboxylic acid groups (broad SMARTS) is 2. The molecule has 0 saturated carbocycles. The van der Waals surface area contributed by atoms with Gasteiger partial charge < -0.3 is 24.4 Å². The quantitative estimate of drug-likeness (QED) is 0.0239. The fourth-order valence-electron chi connectivity index (χ4n) is 7.32. The molecule has 2 atom stereocenters. The normalized spacial score (nSPS) is 13.9. The third-order valence-electron chi connectivity index (χ3n) is 10.7. The van der Waals surface area contributed by atoms with Crippen LogP contribution in [-0.2, 0) is 24.2 Å². The molecule has 0 aliphatic heterocycles. The Labute approximate surface area is 326 Å². The number of likely N-dealkylation sites (N-methyl/N-ethyl adjacent to an activating group) is 1. The Bertz CT molecular complexity index is 880. The van der Waals surface area contributed by atoms with E-state index in [1.165, 1.54) is 141 Å². The summed E-state index contributed by atoms with van der Waals surface area (Å²) in [5.74, 6) is -2.58. The smallest absolute Gasteiger partial charge is 0.312 e. The molecule has 53 heavy (non-hydrogen) atoms. The van der Waals surface area contributed by atoms with E-state index in [0.29, 0.717) is 37.0 Å². The van der Waals surface area contributed by atoms with Gasteiger partial charge in [-0.25, -0.2) is 8.42 Å². The standard InChI is InChI=1S/C41H81NO5.CH4O4S/c1-4-6-8-10-12-14-16-18-20-22-24-26-28-30-32-38(40(44)45)36-42(3,34-35-43)37-39(41(46)47)33-31-29-27-25-23-21-19-17-15-13-11-9-7-5-2;1-5-6(2,3)4/h38-39,43H,4-37H2,1-3H3,(H-,44,45,46,47);1H3,(H,2,3,4). The van der Waals surface area contributed by atoms with Crippen LogP contribution in [0.4, 0.5) is 0 Å². The summed E-state index contributed by atoms with van der Waals surface area (Å²) < 4.78 is 31.3. The zero-order valence-electron chi connectivity index (χ0n) is 34.8. The minimum atomic E-state index is -4.41. The van der Waals surface area contributed by atoms with Crippen LogP contribution in [0.5, 0.6) is 0 Å². The summed E-state index contributed by atoms with van der Waals surface area (Å²) in [5, 5.41) is 29.8. The van der Waals surface area contributed by atoms with Gasteiger partial charge in [0.05, 0.1) is 33.9 Å². The van der Waals surface area contributed by atoms with Crippen molar-refractivity contribution in [2.45, 2.75) is 206 Å². The first kappa shape index (κ1) is 53.8. The van der Waals surface area contributed by atoms with E-state index in [1.807, 2.05) is 7.05 Å². The minimum absolute atomic E-state index is 0.0626. The number of rotatable bonds is 39. The van der Waals surface area contributed by atoms with E-state index in [4.69, 9.17) is 0 Å². The van der Waals surface area contributed by atoms with Gasteiger partial charge in [-0.3, -0.25) is 13.8 Å². The van der Waals surface area contributed by atoms with Crippen LogP contribution >= 0.6 is 0 Å². The molecule has 0 aromatic heterocycles. The highest BCUT2D eigenvalue weighted by molar-refractivity contribution is 7.80. The van der Waals surface area contributed by atoms with Crippen LogP contribution in [0.2, 0.25) is 0 Å². The summed E-state index contributed by atoms with van der Waals surface area (Å²) >= 11 is 0. The maximum atomic E-state index is 12.2. The Morgan fingerprint density at radius 3 is 0.962 bits per heavy atom. The number of hydrogen-bond acceptors (Lipinski definition) is 7. The second-order valence-corrected chi connectivity index (χ2v) is 17.0. The molecule has 0 spiro atoms. The number of carbonyl (C=O) groups is 2. The zero-order valence-corrected chi connectivity index (χ0v) is 35.7. The van der Waals surface area contributed by atoms with Crippen molar-refractivity contribution in [3.8, 4) is 0 Å². The number of aliphatic hydroxyl groups excluding tert-OH is 1. The van der Waals surface area contributed by atoms with E-state index < -0.39 is 34.2 Å². The van der Waals surface area contributed by atoms with Crippen LogP contribution in [0, 0.1) is 11.8 Å². The molecule has 0 fully saturated rings. The van der Waals surface area contributed by atoms with Gasteiger partial charge in [-0.15, -0.1) is 0 Å². The number of carboxylic acids is 2. The summed E-state index contributed by atoms with van der Waals surface area (Å²) in [6.45, 7) is 5.63. The Balaban J connectivity index is 0. The molecule has 0 aliphatic carbocycles. The first-order chi connectivity index (χ1) is 25.4. The molecule has 0 rings (SSSR count). The second-order valence-electron chi connectivity index (χ2n) is 15.8. The van der Waals surface area contributed by atoms with Gasteiger partial charge in [0.25, 0.3) is 0 Å². The molecule has 0 aromatic carbocycles. The van der Waals surface area contributed by atoms with Crippen molar-refractivity contribution in [2.24, 2.45) is 11.8 Å². The van der Waals surface area contributed by atoms with E-state index in [0.717, 1.165) is 45.6 Å². The number of unbranched alkanes of at least 4 members (excludes halogenated alkanes) is 26. The molecular weight excluding hydrogens is 695 g/mol. The lowest BCUT2D eigenvalue weighted by Crippen LogP contribution is -2.53. The average molecular weight is 780 g/mol. The van der Waals surface area contributed by atoms with Gasteiger partial charge in [-0.1, -0.05) is 194 Å². The summed E-state index contributed by atoms with van der Waals surface area (Å²) in [6.07, 6.45) is 37.0. The molecule has 3 N–H and O–H groups in total. The van der Waals surface area contributed by atoms with Crippen molar-refractivity contribution >= 4 is 22.3 Å². The molecule has 0 amide bonds. The van der Waals surface area contributed by atoms with Crippen LogP contribution < -0.4 is 0 Å². The van der Waals surface area contributed by atoms with Gasteiger partial charge in [0.2, 0.25) is 10.4 Å². The molecule has 0 radical (unpaired) electrons. The van der Waals surface area contributed by atoms with Crippen molar-refractivity contribution in [3.05, 3.63) is 0 Å². The highest BCUT2D eigenvalue weighted by atomic mass is 32.3. The molecule has 0 bridgehead atoms. The van der Waals surface area contributed by atoms with Crippen LogP contribution in [-0.4, -0.2) is 85.1 Å². The largest absolute Gasteiger partial charge is 0.726 e. The van der Waals surface area contributed by atoms with Crippen molar-refractivity contribution in [1.82, 2.24) is 0 Å². The van der Waals surface area contributed by atoms with Crippen molar-refractivity contribution in [1.29, 1.82) is 0 Å². The van der Waals surface area contributed by atoms with Gasteiger partial charge >= 0.3 is 11.9 Å². The Morgan fingerprint density at radius 2 is 0.774 bits per heavy atom. The van der Waals surface area contributed by atoms with Crippen molar-refractivity contribution in [2.75, 3.05) is 40.4 Å². The summed E-state index contributed by atoms with van der Waals surface area (Å²) in [4.78, 5) is 24.4. The number of nitrogens with zero attached hydrogens (tertiary/aromatic N) is 1. The van der Waals surface area contributed by atoms with Crippen LogP contribution in [0.1, 0.15) is 206 Å². The fraction of sp³-hybridized carbons (Fsp3) is 0.952. The highest BCUT2D eigenvalue weighted by Crippen LogP contribution is 2.22. The first-order valence-electron chi connectivity index (χ1n) is 21.8. The number of aliphatic carboxylic acids is 2. The molecule has 0 aromatic rings. The first-order valence-corrected chi connectivity index (χ1v) is 23.1. The van der Waals surface area contributed by atoms with E-state index in [9.17, 15) is 37.9 Å². The lowest BCUT2D eigenvalue weighted by Gasteiger charge is -2.38. The van der Waals surface area contributed by atoms with Crippen molar-refractivity contribution in [3.63, 3.8) is 0 Å². The molecule has 11 heteroatoms. The third-order valence-corrected chi connectivity index (χ3v) is 11.1. The molecular formula is C42H85NO9S. The predicted molar refractivity (Wildman–Crippen MR) is 217 cm³/mol. The molecule has 0 saturated heterocycles. The van der Waals surface area contributed by atoms with Gasteiger partial charge in [0.1, 0.15) is 18.4 Å². The van der Waals surface area contributed by atoms with Gasteiger partial charge in [-0.05, 0) is 12.8 Å². The van der Waals surface area contributed by atoms with E-state index in [1.54, 1.807) is 0 Å². The maximum absolute atomic E-state index is 12.2. The van der Waals surface area contributed by atoms with Gasteiger partial charge in [0, 0.05) is 0 Å². The van der Waals surface area contributed by atoms with Crippen LogP contribution in [0.3, 0.4) is 0 Å². The van der Waals surface area contributed by atoms with Gasteiger partial charge in [-0.2, -0.15) is 0 Å². The molecule has 10 nitrogen and oxygen atoms in total. The monoisotopic (exact) mass is 780 g/mol. The maximum Gasteiger partial charge on any atom is 0.312 e. The third kappa shape index (κ3) is 38.8. The Kier molecular flexibility index (Phi) is 38.2. The molecule has 2 unspecified atom stereocenters. The topological polar surface area (TPSA) is 161 Å². The zero-order chi connectivity index (χ0) is 40.1. The predicted octanol–water partition coefficient (Wildman–Crippen LogP) is 10.7. The van der Waals surface area contributed by atoms with E-state index in [-0.39, 0.29) is 6.61 Å². The minimum Gasteiger partial charge on any atom is -0.726 e. The number of aliphatic hydroxyl groups is 1. The molecule has 0 aliphatic rings. The second kappa shape index (κ2) is 37.6. The lowest BCUT2D eigenvalue weighted by atomic mass is 9.95. The van der Waals surface area contributed by atoms with E-state index >= 15 is 0 Å². The van der Waals surface area contributed by atoms with Gasteiger partial charge in [0.15, 0.2) is 0 Å². The summed E-state index contributed by atoms with van der Waals surface area (Å²) in [6, 6.07) is 0.